The van der Waals surface area contributed by atoms with E-state index in [2.05, 4.69) is 10.5 Å². The molecule has 5 nitrogen and oxygen atoms in total. The van der Waals surface area contributed by atoms with Crippen molar-refractivity contribution in [3.8, 4) is 11.5 Å². The second-order valence-corrected chi connectivity index (χ2v) is 5.18. The van der Waals surface area contributed by atoms with Gasteiger partial charge in [0, 0.05) is 5.92 Å². The minimum Gasteiger partial charge on any atom is -0.493 e. The van der Waals surface area contributed by atoms with E-state index in [0.29, 0.717) is 11.5 Å². The van der Waals surface area contributed by atoms with Crippen LogP contribution >= 0.6 is 0 Å². The summed E-state index contributed by atoms with van der Waals surface area (Å²) in [4.78, 5) is 11.9. The topological polar surface area (TPSA) is 59.9 Å². The fourth-order valence-corrected chi connectivity index (χ4v) is 2.56. The Labute approximate surface area is 125 Å². The Hall–Kier alpha value is -2.04. The summed E-state index contributed by atoms with van der Waals surface area (Å²) >= 11 is 0. The van der Waals surface area contributed by atoms with Gasteiger partial charge in [-0.1, -0.05) is 19.3 Å². The van der Waals surface area contributed by atoms with Gasteiger partial charge in [-0.3, -0.25) is 4.79 Å². The first-order valence-electron chi connectivity index (χ1n) is 7.29. The second kappa shape index (κ2) is 7.67. The summed E-state index contributed by atoms with van der Waals surface area (Å²) in [7, 11) is 3.18. The Kier molecular flexibility index (Phi) is 5.60. The third kappa shape index (κ3) is 4.21. The molecule has 1 saturated carbocycles. The van der Waals surface area contributed by atoms with Crippen molar-refractivity contribution in [2.24, 2.45) is 11.0 Å². The van der Waals surface area contributed by atoms with E-state index >= 15 is 0 Å². The molecule has 1 aliphatic rings. The number of rotatable bonds is 5. The molecule has 0 heterocycles. The third-order valence-corrected chi connectivity index (χ3v) is 3.77. The zero-order valence-electron chi connectivity index (χ0n) is 12.6. The average molecular weight is 290 g/mol. The van der Waals surface area contributed by atoms with Crippen molar-refractivity contribution in [1.29, 1.82) is 0 Å². The van der Waals surface area contributed by atoms with E-state index < -0.39 is 0 Å². The van der Waals surface area contributed by atoms with Gasteiger partial charge in [-0.05, 0) is 36.6 Å². The lowest BCUT2D eigenvalue weighted by Gasteiger charge is -2.19. The van der Waals surface area contributed by atoms with Gasteiger partial charge in [0.1, 0.15) is 0 Å². The van der Waals surface area contributed by atoms with Gasteiger partial charge in [-0.2, -0.15) is 5.10 Å². The predicted octanol–water partition coefficient (Wildman–Crippen LogP) is 2.73. The third-order valence-electron chi connectivity index (χ3n) is 3.77. The number of carbonyl (C=O) groups excluding carboxylic acids is 1. The van der Waals surface area contributed by atoms with Crippen molar-refractivity contribution < 1.29 is 14.3 Å². The highest BCUT2D eigenvalue weighted by Crippen LogP contribution is 2.27. The summed E-state index contributed by atoms with van der Waals surface area (Å²) in [5.41, 5.74) is 3.47. The molecule has 0 unspecified atom stereocenters. The van der Waals surface area contributed by atoms with Crippen LogP contribution in [0, 0.1) is 5.92 Å². The Morgan fingerprint density at radius 3 is 2.57 bits per heavy atom. The second-order valence-electron chi connectivity index (χ2n) is 5.18. The van der Waals surface area contributed by atoms with E-state index in [0.717, 1.165) is 31.2 Å². The number of benzene rings is 1. The highest BCUT2D eigenvalue weighted by atomic mass is 16.5. The molecule has 2 rings (SSSR count). The molecule has 1 aromatic rings. The van der Waals surface area contributed by atoms with Crippen molar-refractivity contribution in [2.75, 3.05) is 14.2 Å². The van der Waals surface area contributed by atoms with Crippen LogP contribution in [0.25, 0.3) is 0 Å². The minimum absolute atomic E-state index is 0.0198. The molecule has 0 aliphatic heterocycles. The van der Waals surface area contributed by atoms with Gasteiger partial charge >= 0.3 is 0 Å². The van der Waals surface area contributed by atoms with Gasteiger partial charge in [0.25, 0.3) is 0 Å². The first-order chi connectivity index (χ1) is 10.2. The number of methoxy groups -OCH3 is 2. The van der Waals surface area contributed by atoms with Crippen molar-refractivity contribution in [3.63, 3.8) is 0 Å². The molecule has 0 spiro atoms. The number of carbonyl (C=O) groups is 1. The molecule has 0 radical (unpaired) electrons. The molecule has 1 aromatic carbocycles. The lowest BCUT2D eigenvalue weighted by molar-refractivity contribution is -0.125. The van der Waals surface area contributed by atoms with Gasteiger partial charge in [0.05, 0.1) is 20.4 Å². The Morgan fingerprint density at radius 2 is 1.90 bits per heavy atom. The molecule has 1 aliphatic carbocycles. The molecular weight excluding hydrogens is 268 g/mol. The summed E-state index contributed by atoms with van der Waals surface area (Å²) in [6.45, 7) is 0. The summed E-state index contributed by atoms with van der Waals surface area (Å²) in [6, 6.07) is 5.48. The molecular formula is C16H22N2O3. The highest BCUT2D eigenvalue weighted by Gasteiger charge is 2.20. The van der Waals surface area contributed by atoms with Crippen LogP contribution < -0.4 is 14.9 Å². The van der Waals surface area contributed by atoms with Crippen molar-refractivity contribution in [2.45, 2.75) is 32.1 Å². The van der Waals surface area contributed by atoms with Crippen LogP contribution in [-0.2, 0) is 4.79 Å². The summed E-state index contributed by atoms with van der Waals surface area (Å²) in [5.74, 6) is 1.44. The van der Waals surface area contributed by atoms with Crippen LogP contribution in [-0.4, -0.2) is 26.3 Å². The maximum atomic E-state index is 11.9. The highest BCUT2D eigenvalue weighted by molar-refractivity contribution is 5.84. The van der Waals surface area contributed by atoms with Gasteiger partial charge < -0.3 is 9.47 Å². The molecule has 0 saturated heterocycles. The predicted molar refractivity (Wildman–Crippen MR) is 81.9 cm³/mol. The van der Waals surface area contributed by atoms with E-state index in [1.807, 2.05) is 18.2 Å². The number of ether oxygens (including phenoxy) is 2. The molecule has 0 bridgehead atoms. The van der Waals surface area contributed by atoms with E-state index in [9.17, 15) is 4.79 Å². The monoisotopic (exact) mass is 290 g/mol. The zero-order chi connectivity index (χ0) is 15.1. The van der Waals surface area contributed by atoms with Crippen LogP contribution in [0.15, 0.2) is 23.3 Å². The quantitative estimate of drug-likeness (QED) is 0.670. The molecule has 1 fully saturated rings. The first kappa shape index (κ1) is 15.4. The molecule has 5 heteroatoms. The Bertz CT molecular complexity index is 508. The molecule has 0 aromatic heterocycles. The molecule has 1 N–H and O–H groups in total. The van der Waals surface area contributed by atoms with E-state index in [-0.39, 0.29) is 11.8 Å². The normalized spacial score (nSPS) is 15.9. The van der Waals surface area contributed by atoms with Crippen LogP contribution in [0.4, 0.5) is 0 Å². The molecule has 21 heavy (non-hydrogen) atoms. The standard InChI is InChI=1S/C16H22N2O3/c1-20-14-9-8-12(10-15(14)21-2)11-17-18-16(19)13-6-4-3-5-7-13/h8-11,13H,3-7H2,1-2H3,(H,18,19). The van der Waals surface area contributed by atoms with E-state index in [4.69, 9.17) is 9.47 Å². The van der Waals surface area contributed by atoms with Gasteiger partial charge in [0.2, 0.25) is 5.91 Å². The summed E-state index contributed by atoms with van der Waals surface area (Å²) in [6.07, 6.45) is 7.06. The lowest BCUT2D eigenvalue weighted by Crippen LogP contribution is -2.28. The zero-order valence-corrected chi connectivity index (χ0v) is 12.6. The SMILES string of the molecule is COc1ccc(C=NNC(=O)C2CCCCC2)cc1OC. The summed E-state index contributed by atoms with van der Waals surface area (Å²) in [5, 5.41) is 4.03. The first-order valence-corrected chi connectivity index (χ1v) is 7.29. The fourth-order valence-electron chi connectivity index (χ4n) is 2.56. The van der Waals surface area contributed by atoms with Crippen molar-refractivity contribution >= 4 is 12.1 Å². The lowest BCUT2D eigenvalue weighted by atomic mass is 9.89. The van der Waals surface area contributed by atoms with Gasteiger partial charge in [-0.25, -0.2) is 5.43 Å². The van der Waals surface area contributed by atoms with E-state index in [1.165, 1.54) is 6.42 Å². The number of hydrazone groups is 1. The smallest absolute Gasteiger partial charge is 0.243 e. The number of nitrogens with one attached hydrogen (secondary N) is 1. The average Bonchev–Trinajstić information content (AvgIpc) is 2.55. The largest absolute Gasteiger partial charge is 0.493 e. The minimum atomic E-state index is 0.0198. The van der Waals surface area contributed by atoms with Gasteiger partial charge in [0.15, 0.2) is 11.5 Å². The Morgan fingerprint density at radius 1 is 1.19 bits per heavy atom. The van der Waals surface area contributed by atoms with Crippen LogP contribution in [0.1, 0.15) is 37.7 Å². The summed E-state index contributed by atoms with van der Waals surface area (Å²) < 4.78 is 10.4. The number of hydrogen-bond donors (Lipinski definition) is 1. The van der Waals surface area contributed by atoms with Crippen molar-refractivity contribution in [3.05, 3.63) is 23.8 Å². The molecule has 114 valence electrons. The number of hydrogen-bond acceptors (Lipinski definition) is 4. The van der Waals surface area contributed by atoms with Gasteiger partial charge in [-0.15, -0.1) is 0 Å². The van der Waals surface area contributed by atoms with E-state index in [1.54, 1.807) is 20.4 Å². The van der Waals surface area contributed by atoms with Crippen molar-refractivity contribution in [1.82, 2.24) is 5.43 Å². The molecule has 0 atom stereocenters. The number of amides is 1. The number of nitrogens with zero attached hydrogens (tertiary/aromatic N) is 1. The molecule has 1 amide bonds. The van der Waals surface area contributed by atoms with Crippen LogP contribution in [0.3, 0.4) is 0 Å². The fraction of sp³-hybridized carbons (Fsp3) is 0.500. The van der Waals surface area contributed by atoms with Crippen LogP contribution in [0.5, 0.6) is 11.5 Å². The maximum Gasteiger partial charge on any atom is 0.243 e. The maximum absolute atomic E-state index is 11.9. The Balaban J connectivity index is 1.93. The van der Waals surface area contributed by atoms with Crippen LogP contribution in [0.2, 0.25) is 0 Å².